The summed E-state index contributed by atoms with van der Waals surface area (Å²) in [5.41, 5.74) is 2.91. The van der Waals surface area contributed by atoms with E-state index in [1.807, 2.05) is 37.4 Å². The maximum atomic E-state index is 5.33. The second-order valence-electron chi connectivity index (χ2n) is 4.13. The highest BCUT2D eigenvalue weighted by Crippen LogP contribution is 2.40. The Morgan fingerprint density at radius 3 is 1.95 bits per heavy atom. The van der Waals surface area contributed by atoms with Crippen LogP contribution in [0.3, 0.4) is 0 Å². The first kappa shape index (κ1) is 13.2. The molecule has 0 radical (unpaired) electrons. The van der Waals surface area contributed by atoms with Gasteiger partial charge in [0.25, 0.3) is 0 Å². The molecule has 2 aromatic rings. The number of nitrogens with zero attached hydrogens (tertiary/aromatic N) is 1. The average molecular weight is 259 g/mol. The Bertz CT molecular complexity index is 539. The van der Waals surface area contributed by atoms with Crippen LogP contribution >= 0.6 is 0 Å². The number of benzene rings is 1. The zero-order valence-corrected chi connectivity index (χ0v) is 11.6. The van der Waals surface area contributed by atoms with Crippen LogP contribution in [0.15, 0.2) is 30.5 Å². The highest BCUT2D eigenvalue weighted by molar-refractivity contribution is 5.68. The summed E-state index contributed by atoms with van der Waals surface area (Å²) in [6.45, 7) is 2.01. The molecule has 1 heterocycles. The summed E-state index contributed by atoms with van der Waals surface area (Å²) in [6.07, 6.45) is 1.83. The second kappa shape index (κ2) is 5.61. The van der Waals surface area contributed by atoms with E-state index in [0.717, 1.165) is 16.8 Å². The molecule has 0 fully saturated rings. The van der Waals surface area contributed by atoms with Crippen molar-refractivity contribution in [1.29, 1.82) is 0 Å². The third-order valence-corrected chi connectivity index (χ3v) is 2.87. The molecule has 2 rings (SSSR count). The minimum atomic E-state index is 0.584. The summed E-state index contributed by atoms with van der Waals surface area (Å²) in [7, 11) is 4.79. The van der Waals surface area contributed by atoms with E-state index >= 15 is 0 Å². The highest BCUT2D eigenvalue weighted by Gasteiger charge is 2.14. The molecule has 0 aliphatic carbocycles. The molecule has 0 spiro atoms. The molecule has 4 nitrogen and oxygen atoms in total. The Morgan fingerprint density at radius 1 is 0.895 bits per heavy atom. The predicted octanol–water partition coefficient (Wildman–Crippen LogP) is 3.08. The lowest BCUT2D eigenvalue weighted by molar-refractivity contribution is 0.324. The van der Waals surface area contributed by atoms with Crippen molar-refractivity contribution in [3.63, 3.8) is 0 Å². The van der Waals surface area contributed by atoms with Gasteiger partial charge in [0, 0.05) is 11.8 Å². The lowest BCUT2D eigenvalue weighted by atomic mass is 10.1. The standard InChI is InChI=1S/C15H17NO3/c1-10-5-6-12(16-9-10)11-7-13(17-2)15(19-4)14(8-11)18-3/h5-9H,1-4H3. The normalized spacial score (nSPS) is 10.1. The summed E-state index contributed by atoms with van der Waals surface area (Å²) in [5.74, 6) is 1.83. The quantitative estimate of drug-likeness (QED) is 0.846. The fraction of sp³-hybridized carbons (Fsp3) is 0.267. The first-order valence-electron chi connectivity index (χ1n) is 5.92. The van der Waals surface area contributed by atoms with E-state index in [1.54, 1.807) is 21.3 Å². The van der Waals surface area contributed by atoms with E-state index in [0.29, 0.717) is 17.2 Å². The Labute approximate surface area is 113 Å². The molecule has 0 aliphatic rings. The van der Waals surface area contributed by atoms with Crippen molar-refractivity contribution >= 4 is 0 Å². The van der Waals surface area contributed by atoms with E-state index in [-0.39, 0.29) is 0 Å². The number of aryl methyl sites for hydroxylation is 1. The fourth-order valence-electron chi connectivity index (χ4n) is 1.87. The van der Waals surface area contributed by atoms with Crippen molar-refractivity contribution in [3.8, 4) is 28.5 Å². The van der Waals surface area contributed by atoms with Crippen LogP contribution < -0.4 is 14.2 Å². The van der Waals surface area contributed by atoms with Crippen LogP contribution in [0.1, 0.15) is 5.56 Å². The van der Waals surface area contributed by atoms with E-state index < -0.39 is 0 Å². The molecule has 0 saturated heterocycles. The van der Waals surface area contributed by atoms with E-state index in [2.05, 4.69) is 4.98 Å². The van der Waals surface area contributed by atoms with Crippen molar-refractivity contribution in [2.24, 2.45) is 0 Å². The van der Waals surface area contributed by atoms with Gasteiger partial charge in [0.2, 0.25) is 5.75 Å². The van der Waals surface area contributed by atoms with Crippen LogP contribution in [0.25, 0.3) is 11.3 Å². The fourth-order valence-corrected chi connectivity index (χ4v) is 1.87. The summed E-state index contributed by atoms with van der Waals surface area (Å²) >= 11 is 0. The molecule has 1 aromatic heterocycles. The first-order chi connectivity index (χ1) is 9.19. The van der Waals surface area contributed by atoms with Gasteiger partial charge in [-0.05, 0) is 30.7 Å². The van der Waals surface area contributed by atoms with E-state index in [9.17, 15) is 0 Å². The average Bonchev–Trinajstić information content (AvgIpc) is 2.46. The highest BCUT2D eigenvalue weighted by atomic mass is 16.5. The molecule has 0 atom stereocenters. The van der Waals surface area contributed by atoms with Gasteiger partial charge in [-0.2, -0.15) is 0 Å². The van der Waals surface area contributed by atoms with Crippen molar-refractivity contribution in [3.05, 3.63) is 36.0 Å². The van der Waals surface area contributed by atoms with Gasteiger partial charge in [0.15, 0.2) is 11.5 Å². The van der Waals surface area contributed by atoms with Gasteiger partial charge < -0.3 is 14.2 Å². The Kier molecular flexibility index (Phi) is 3.90. The van der Waals surface area contributed by atoms with Crippen LogP contribution in [0, 0.1) is 6.92 Å². The van der Waals surface area contributed by atoms with Crippen molar-refractivity contribution < 1.29 is 14.2 Å². The van der Waals surface area contributed by atoms with Gasteiger partial charge in [0.05, 0.1) is 27.0 Å². The number of hydrogen-bond donors (Lipinski definition) is 0. The first-order valence-corrected chi connectivity index (χ1v) is 5.92. The number of ether oxygens (including phenoxy) is 3. The molecule has 100 valence electrons. The van der Waals surface area contributed by atoms with Gasteiger partial charge in [-0.15, -0.1) is 0 Å². The lowest BCUT2D eigenvalue weighted by Gasteiger charge is -2.13. The van der Waals surface area contributed by atoms with Gasteiger partial charge in [0.1, 0.15) is 0 Å². The third-order valence-electron chi connectivity index (χ3n) is 2.87. The number of rotatable bonds is 4. The van der Waals surface area contributed by atoms with Crippen molar-refractivity contribution in [2.45, 2.75) is 6.92 Å². The zero-order chi connectivity index (χ0) is 13.8. The SMILES string of the molecule is COc1cc(-c2ccc(C)cn2)cc(OC)c1OC. The lowest BCUT2D eigenvalue weighted by Crippen LogP contribution is -1.96. The molecular weight excluding hydrogens is 242 g/mol. The molecule has 4 heteroatoms. The zero-order valence-electron chi connectivity index (χ0n) is 11.6. The Hall–Kier alpha value is -2.23. The summed E-state index contributed by atoms with van der Waals surface area (Å²) < 4.78 is 16.0. The number of aromatic nitrogens is 1. The maximum Gasteiger partial charge on any atom is 0.203 e. The van der Waals surface area contributed by atoms with Gasteiger partial charge in [-0.25, -0.2) is 0 Å². The molecule has 0 saturated carbocycles. The smallest absolute Gasteiger partial charge is 0.203 e. The minimum absolute atomic E-state index is 0.584. The van der Waals surface area contributed by atoms with Crippen LogP contribution in [-0.2, 0) is 0 Å². The molecule has 0 aliphatic heterocycles. The molecule has 0 amide bonds. The topological polar surface area (TPSA) is 40.6 Å². The monoisotopic (exact) mass is 259 g/mol. The molecule has 0 N–H and O–H groups in total. The Morgan fingerprint density at radius 2 is 1.53 bits per heavy atom. The van der Waals surface area contributed by atoms with E-state index in [1.165, 1.54) is 0 Å². The van der Waals surface area contributed by atoms with Gasteiger partial charge >= 0.3 is 0 Å². The molecule has 1 aromatic carbocycles. The van der Waals surface area contributed by atoms with Crippen LogP contribution in [-0.4, -0.2) is 26.3 Å². The van der Waals surface area contributed by atoms with Crippen LogP contribution in [0.2, 0.25) is 0 Å². The molecule has 19 heavy (non-hydrogen) atoms. The Balaban J connectivity index is 2.55. The van der Waals surface area contributed by atoms with Gasteiger partial charge in [-0.1, -0.05) is 6.07 Å². The minimum Gasteiger partial charge on any atom is -0.493 e. The van der Waals surface area contributed by atoms with Crippen molar-refractivity contribution in [1.82, 2.24) is 4.98 Å². The summed E-state index contributed by atoms with van der Waals surface area (Å²) in [6, 6.07) is 7.76. The van der Waals surface area contributed by atoms with Gasteiger partial charge in [-0.3, -0.25) is 4.98 Å². The number of methoxy groups -OCH3 is 3. The van der Waals surface area contributed by atoms with Crippen LogP contribution in [0.4, 0.5) is 0 Å². The predicted molar refractivity (Wildman–Crippen MR) is 74.1 cm³/mol. The third kappa shape index (κ3) is 2.62. The largest absolute Gasteiger partial charge is 0.493 e. The summed E-state index contributed by atoms with van der Waals surface area (Å²) in [5, 5.41) is 0. The maximum absolute atomic E-state index is 5.33. The number of hydrogen-bond acceptors (Lipinski definition) is 4. The van der Waals surface area contributed by atoms with Crippen molar-refractivity contribution in [2.75, 3.05) is 21.3 Å². The molecular formula is C15H17NO3. The number of pyridine rings is 1. The second-order valence-corrected chi connectivity index (χ2v) is 4.13. The molecule has 0 unspecified atom stereocenters. The molecule has 0 bridgehead atoms. The van der Waals surface area contributed by atoms with Crippen LogP contribution in [0.5, 0.6) is 17.2 Å². The van der Waals surface area contributed by atoms with E-state index in [4.69, 9.17) is 14.2 Å². The summed E-state index contributed by atoms with van der Waals surface area (Å²) in [4.78, 5) is 4.40.